The van der Waals surface area contributed by atoms with Crippen LogP contribution in [0.1, 0.15) is 5.56 Å². The minimum Gasteiger partial charge on any atom is -0.445 e. The van der Waals surface area contributed by atoms with Crippen molar-refractivity contribution >= 4 is 18.1 Å². The molecule has 0 aliphatic rings. The van der Waals surface area contributed by atoms with Gasteiger partial charge in [-0.2, -0.15) is 0 Å². The molecule has 0 aliphatic carbocycles. The van der Waals surface area contributed by atoms with Crippen LogP contribution in [-0.4, -0.2) is 11.9 Å². The van der Waals surface area contributed by atoms with E-state index in [2.05, 4.69) is 0 Å². The molecule has 0 saturated carbocycles. The summed E-state index contributed by atoms with van der Waals surface area (Å²) in [5, 5.41) is 10.2. The Bertz CT molecular complexity index is 383. The van der Waals surface area contributed by atoms with Crippen LogP contribution in [-0.2, 0) is 0 Å². The Morgan fingerprint density at radius 1 is 1.33 bits per heavy atom. The molecule has 0 atom stereocenters. The topological polar surface area (TPSA) is 43.1 Å². The number of nitro groups is 1. The van der Waals surface area contributed by atoms with Crippen LogP contribution >= 0.6 is 0 Å². The molecule has 0 radical (unpaired) electrons. The van der Waals surface area contributed by atoms with Gasteiger partial charge in [-0.3, -0.25) is 10.1 Å². The Morgan fingerprint density at radius 3 is 2.27 bits per heavy atom. The van der Waals surface area contributed by atoms with Gasteiger partial charge in [-0.25, -0.2) is 0 Å². The molecule has 15 heavy (non-hydrogen) atoms. The summed E-state index contributed by atoms with van der Waals surface area (Å²) in [5.74, 6) is 0. The third-order valence-corrected chi connectivity index (χ3v) is 1.83. The van der Waals surface area contributed by atoms with Gasteiger partial charge in [0.15, 0.2) is 0 Å². The van der Waals surface area contributed by atoms with Gasteiger partial charge in [-0.05, 0) is 13.0 Å². The molecule has 0 aromatic heterocycles. The zero-order valence-electron chi connectivity index (χ0n) is 8.21. The van der Waals surface area contributed by atoms with Crippen LogP contribution < -0.4 is 56.8 Å². The Labute approximate surface area is 127 Å². The predicted molar refractivity (Wildman–Crippen MR) is 46.5 cm³/mol. The zero-order valence-corrected chi connectivity index (χ0v) is 11.3. The zero-order chi connectivity index (χ0) is 10.9. The van der Waals surface area contributed by atoms with E-state index in [1.165, 1.54) is 6.92 Å². The number of nitro benzene ring substituents is 1. The molecule has 8 heteroatoms. The van der Waals surface area contributed by atoms with E-state index >= 15 is 0 Å². The molecule has 0 heterocycles. The minimum absolute atomic E-state index is 0. The third-order valence-electron chi connectivity index (χ3n) is 1.83. The molecule has 3 nitrogen and oxygen atoms in total. The molecular formula is C7H6BF3KNO2. The first-order valence-electron chi connectivity index (χ1n) is 3.77. The van der Waals surface area contributed by atoms with E-state index in [9.17, 15) is 23.1 Å². The van der Waals surface area contributed by atoms with Gasteiger partial charge < -0.3 is 12.9 Å². The van der Waals surface area contributed by atoms with Gasteiger partial charge in [0, 0.05) is 6.07 Å². The first-order chi connectivity index (χ1) is 6.32. The van der Waals surface area contributed by atoms with E-state index in [4.69, 9.17) is 0 Å². The average molecular weight is 243 g/mol. The van der Waals surface area contributed by atoms with Crippen molar-refractivity contribution in [3.8, 4) is 0 Å². The summed E-state index contributed by atoms with van der Waals surface area (Å²) in [4.78, 5) is 9.39. The van der Waals surface area contributed by atoms with Crippen molar-refractivity contribution in [2.75, 3.05) is 0 Å². The molecule has 1 aromatic carbocycles. The third kappa shape index (κ3) is 3.88. The second-order valence-electron chi connectivity index (χ2n) is 2.87. The second-order valence-corrected chi connectivity index (χ2v) is 2.87. The molecular weight excluding hydrogens is 237 g/mol. The standard InChI is InChI=1S/C7H6BF3NO2.K/c1-5-2-3-6(12(13)14)4-7(5)8(9,10)11;/h2-4H,1H3;/q-1;+1. The first-order valence-corrected chi connectivity index (χ1v) is 3.77. The van der Waals surface area contributed by atoms with Gasteiger partial charge >= 0.3 is 58.4 Å². The number of benzene rings is 1. The van der Waals surface area contributed by atoms with Gasteiger partial charge in [-0.15, -0.1) is 0 Å². The van der Waals surface area contributed by atoms with Gasteiger partial charge in [-0.1, -0.05) is 17.1 Å². The fourth-order valence-corrected chi connectivity index (χ4v) is 1.09. The quantitative estimate of drug-likeness (QED) is 0.378. The normalized spacial score (nSPS) is 10.7. The first kappa shape index (κ1) is 15.1. The maximum absolute atomic E-state index is 12.3. The Balaban J connectivity index is 0.00000196. The fraction of sp³-hybridized carbons (Fsp3) is 0.143. The van der Waals surface area contributed by atoms with Crippen molar-refractivity contribution in [3.63, 3.8) is 0 Å². The van der Waals surface area contributed by atoms with Gasteiger partial charge in [0.1, 0.15) is 0 Å². The largest absolute Gasteiger partial charge is 1.00 e. The van der Waals surface area contributed by atoms with Crippen LogP contribution in [0.3, 0.4) is 0 Å². The van der Waals surface area contributed by atoms with Crippen LogP contribution in [0.4, 0.5) is 18.6 Å². The summed E-state index contributed by atoms with van der Waals surface area (Å²) in [7, 11) is 0. The van der Waals surface area contributed by atoms with E-state index in [0.717, 1.165) is 12.1 Å². The molecule has 76 valence electrons. The molecule has 1 rings (SSSR count). The maximum atomic E-state index is 12.3. The summed E-state index contributed by atoms with van der Waals surface area (Å²) < 4.78 is 37.0. The SMILES string of the molecule is Cc1ccc([N+](=O)[O-])cc1[B-](F)(F)F.[K+]. The van der Waals surface area contributed by atoms with Crippen LogP contribution in [0.5, 0.6) is 0 Å². The van der Waals surface area contributed by atoms with Crippen molar-refractivity contribution in [2.45, 2.75) is 6.92 Å². The van der Waals surface area contributed by atoms with E-state index in [1.807, 2.05) is 0 Å². The molecule has 0 bridgehead atoms. The van der Waals surface area contributed by atoms with Crippen molar-refractivity contribution in [1.29, 1.82) is 0 Å². The second kappa shape index (κ2) is 5.44. The van der Waals surface area contributed by atoms with Gasteiger partial charge in [0.05, 0.1) is 4.92 Å². The molecule has 0 amide bonds. The van der Waals surface area contributed by atoms with E-state index in [0.29, 0.717) is 6.07 Å². The van der Waals surface area contributed by atoms with Crippen LogP contribution in [0.2, 0.25) is 0 Å². The predicted octanol–water partition coefficient (Wildman–Crippen LogP) is -1.04. The number of aryl methyl sites for hydroxylation is 1. The number of non-ortho nitro benzene ring substituents is 1. The number of hydrogen-bond donors (Lipinski definition) is 0. The Morgan fingerprint density at radius 2 is 1.87 bits per heavy atom. The Kier molecular flexibility index (Phi) is 5.48. The summed E-state index contributed by atoms with van der Waals surface area (Å²) >= 11 is 0. The van der Waals surface area contributed by atoms with Crippen molar-refractivity contribution in [3.05, 3.63) is 33.9 Å². The average Bonchev–Trinajstić information content (AvgIpc) is 2.02. The maximum Gasteiger partial charge on any atom is 1.00 e. The fourth-order valence-electron chi connectivity index (χ4n) is 1.09. The molecule has 0 N–H and O–H groups in total. The number of nitrogens with zero attached hydrogens (tertiary/aromatic N) is 1. The smallest absolute Gasteiger partial charge is 0.445 e. The minimum atomic E-state index is -5.18. The van der Waals surface area contributed by atoms with Gasteiger partial charge in [0.2, 0.25) is 0 Å². The molecule has 1 aromatic rings. The molecule has 0 unspecified atom stereocenters. The van der Waals surface area contributed by atoms with Crippen LogP contribution in [0, 0.1) is 17.0 Å². The van der Waals surface area contributed by atoms with Gasteiger partial charge in [0.25, 0.3) is 5.69 Å². The molecule has 0 aliphatic heterocycles. The van der Waals surface area contributed by atoms with Crippen molar-refractivity contribution < 1.29 is 69.3 Å². The van der Waals surface area contributed by atoms with Crippen LogP contribution in [0.15, 0.2) is 18.2 Å². The number of hydrogen-bond acceptors (Lipinski definition) is 2. The van der Waals surface area contributed by atoms with Crippen molar-refractivity contribution in [2.24, 2.45) is 0 Å². The monoisotopic (exact) mass is 243 g/mol. The summed E-state index contributed by atoms with van der Waals surface area (Å²) in [5.41, 5.74) is -1.44. The number of rotatable bonds is 2. The molecule has 0 saturated heterocycles. The van der Waals surface area contributed by atoms with E-state index < -0.39 is 23.1 Å². The van der Waals surface area contributed by atoms with Crippen molar-refractivity contribution in [1.82, 2.24) is 0 Å². The number of halogens is 3. The van der Waals surface area contributed by atoms with E-state index in [-0.39, 0.29) is 56.9 Å². The molecule has 0 spiro atoms. The molecule has 0 fully saturated rings. The Hall–Kier alpha value is 0.111. The van der Waals surface area contributed by atoms with Crippen LogP contribution in [0.25, 0.3) is 0 Å². The van der Waals surface area contributed by atoms with E-state index in [1.54, 1.807) is 0 Å². The summed E-state index contributed by atoms with van der Waals surface area (Å²) in [6.07, 6.45) is 0. The summed E-state index contributed by atoms with van der Waals surface area (Å²) in [6.45, 7) is -3.91. The summed E-state index contributed by atoms with van der Waals surface area (Å²) in [6, 6.07) is 2.72.